The van der Waals surface area contributed by atoms with Gasteiger partial charge >= 0.3 is 0 Å². The molecular weight excluding hydrogens is 334 g/mol. The third-order valence-corrected chi connectivity index (χ3v) is 6.53. The molecule has 0 unspecified atom stereocenters. The summed E-state index contributed by atoms with van der Waals surface area (Å²) >= 11 is 1.20. The van der Waals surface area contributed by atoms with Crippen molar-refractivity contribution in [2.75, 3.05) is 13.6 Å². The minimum absolute atomic E-state index is 0.286. The molecule has 0 fully saturated rings. The Morgan fingerprint density at radius 2 is 1.96 bits per heavy atom. The van der Waals surface area contributed by atoms with Crippen LogP contribution < -0.4 is 0 Å². The molecule has 0 spiro atoms. The molecule has 8 heteroatoms. The van der Waals surface area contributed by atoms with Gasteiger partial charge in [-0.05, 0) is 23.6 Å². The van der Waals surface area contributed by atoms with Gasteiger partial charge in [-0.1, -0.05) is 29.4 Å². The minimum atomic E-state index is -3.45. The van der Waals surface area contributed by atoms with E-state index < -0.39 is 10.0 Å². The summed E-state index contributed by atoms with van der Waals surface area (Å²) in [5.74, 6) is 0.918. The second-order valence-corrected chi connectivity index (χ2v) is 8.11. The first-order valence-electron chi connectivity index (χ1n) is 6.95. The maximum atomic E-state index is 12.3. The van der Waals surface area contributed by atoms with Crippen LogP contribution in [0, 0.1) is 0 Å². The van der Waals surface area contributed by atoms with Gasteiger partial charge < -0.3 is 4.52 Å². The molecule has 6 nitrogen and oxygen atoms in total. The molecule has 0 aliphatic heterocycles. The number of likely N-dealkylation sites (N-methyl/N-ethyl adjacent to an activating group) is 1. The van der Waals surface area contributed by atoms with E-state index in [0.29, 0.717) is 22.3 Å². The first kappa shape index (κ1) is 15.9. The van der Waals surface area contributed by atoms with Crippen LogP contribution in [0.3, 0.4) is 0 Å². The molecule has 3 aromatic rings. The Balaban J connectivity index is 1.66. The molecule has 2 aromatic heterocycles. The fraction of sp³-hybridized carbons (Fsp3) is 0.200. The van der Waals surface area contributed by atoms with Crippen LogP contribution in [-0.2, 0) is 16.4 Å². The van der Waals surface area contributed by atoms with Crippen LogP contribution >= 0.6 is 11.3 Å². The molecule has 0 atom stereocenters. The summed E-state index contributed by atoms with van der Waals surface area (Å²) in [7, 11) is -1.90. The second-order valence-electron chi connectivity index (χ2n) is 4.89. The Hall–Kier alpha value is -2.03. The van der Waals surface area contributed by atoms with Crippen LogP contribution in [0.2, 0.25) is 0 Å². The second kappa shape index (κ2) is 6.61. The molecule has 0 saturated heterocycles. The highest BCUT2D eigenvalue weighted by atomic mass is 32.2. The highest BCUT2D eigenvalue weighted by Gasteiger charge is 2.22. The number of hydrogen-bond acceptors (Lipinski definition) is 6. The lowest BCUT2D eigenvalue weighted by Crippen LogP contribution is -2.28. The van der Waals surface area contributed by atoms with Gasteiger partial charge in [0.25, 0.3) is 15.9 Å². The van der Waals surface area contributed by atoms with E-state index in [-0.39, 0.29) is 6.54 Å². The molecule has 0 aliphatic rings. The average molecular weight is 349 g/mol. The number of hydrogen-bond donors (Lipinski definition) is 0. The summed E-state index contributed by atoms with van der Waals surface area (Å²) in [4.78, 5) is 4.30. The van der Waals surface area contributed by atoms with Crippen molar-refractivity contribution in [2.45, 2.75) is 10.6 Å². The largest absolute Gasteiger partial charge is 0.334 e. The van der Waals surface area contributed by atoms with Crippen LogP contribution in [0.15, 0.2) is 56.6 Å². The van der Waals surface area contributed by atoms with Crippen molar-refractivity contribution in [3.05, 3.63) is 53.7 Å². The molecule has 0 radical (unpaired) electrons. The zero-order valence-corrected chi connectivity index (χ0v) is 14.0. The molecule has 0 bridgehead atoms. The Labute approximate surface area is 138 Å². The van der Waals surface area contributed by atoms with Crippen LogP contribution in [-0.4, -0.2) is 36.5 Å². The zero-order valence-electron chi connectivity index (χ0n) is 12.4. The van der Waals surface area contributed by atoms with Crippen molar-refractivity contribution in [3.63, 3.8) is 0 Å². The monoisotopic (exact) mass is 349 g/mol. The fourth-order valence-electron chi connectivity index (χ4n) is 1.99. The Bertz CT molecular complexity index is 859. The van der Waals surface area contributed by atoms with Crippen LogP contribution in [0.5, 0.6) is 0 Å². The van der Waals surface area contributed by atoms with Crippen molar-refractivity contribution in [1.82, 2.24) is 14.4 Å². The first-order valence-corrected chi connectivity index (χ1v) is 9.27. The molecule has 23 heavy (non-hydrogen) atoms. The van der Waals surface area contributed by atoms with Crippen molar-refractivity contribution < 1.29 is 12.9 Å². The first-order chi connectivity index (χ1) is 11.1. The highest BCUT2D eigenvalue weighted by molar-refractivity contribution is 7.91. The van der Waals surface area contributed by atoms with Crippen LogP contribution in [0.4, 0.5) is 0 Å². The third kappa shape index (κ3) is 3.49. The number of nitrogens with zero attached hydrogens (tertiary/aromatic N) is 3. The molecule has 0 amide bonds. The SMILES string of the molecule is CN(CCc1noc(-c2ccccc2)n1)S(=O)(=O)c1cccs1. The third-order valence-electron chi connectivity index (χ3n) is 3.30. The van der Waals surface area contributed by atoms with Crippen LogP contribution in [0.1, 0.15) is 5.82 Å². The van der Waals surface area contributed by atoms with Gasteiger partial charge in [0.15, 0.2) is 5.82 Å². The average Bonchev–Trinajstić information content (AvgIpc) is 3.25. The normalized spacial score (nSPS) is 11.9. The molecule has 0 N–H and O–H groups in total. The zero-order chi connectivity index (χ0) is 16.3. The van der Waals surface area contributed by atoms with Gasteiger partial charge in [0.1, 0.15) is 4.21 Å². The van der Waals surface area contributed by atoms with Crippen molar-refractivity contribution in [2.24, 2.45) is 0 Å². The Kier molecular flexibility index (Phi) is 4.56. The van der Waals surface area contributed by atoms with Crippen molar-refractivity contribution >= 4 is 21.4 Å². The maximum Gasteiger partial charge on any atom is 0.257 e. The quantitative estimate of drug-likeness (QED) is 0.684. The Morgan fingerprint density at radius 1 is 1.17 bits per heavy atom. The van der Waals surface area contributed by atoms with E-state index in [1.807, 2.05) is 30.3 Å². The summed E-state index contributed by atoms with van der Waals surface area (Å²) in [5.41, 5.74) is 0.839. The van der Waals surface area contributed by atoms with Gasteiger partial charge in [0, 0.05) is 25.6 Å². The van der Waals surface area contributed by atoms with E-state index in [9.17, 15) is 8.42 Å². The fourth-order valence-corrected chi connectivity index (χ4v) is 4.37. The summed E-state index contributed by atoms with van der Waals surface area (Å²) in [6.07, 6.45) is 0.386. The number of benzene rings is 1. The lowest BCUT2D eigenvalue weighted by atomic mass is 10.2. The van der Waals surface area contributed by atoms with E-state index >= 15 is 0 Å². The van der Waals surface area contributed by atoms with E-state index in [4.69, 9.17) is 4.52 Å². The summed E-state index contributed by atoms with van der Waals surface area (Å²) in [6, 6.07) is 12.8. The number of rotatable bonds is 6. The molecule has 3 rings (SSSR count). The van der Waals surface area contributed by atoms with Gasteiger partial charge in [-0.25, -0.2) is 8.42 Å². The predicted molar refractivity (Wildman–Crippen MR) is 87.6 cm³/mol. The highest BCUT2D eigenvalue weighted by Crippen LogP contribution is 2.20. The maximum absolute atomic E-state index is 12.3. The van der Waals surface area contributed by atoms with Crippen molar-refractivity contribution in [3.8, 4) is 11.5 Å². The van der Waals surface area contributed by atoms with E-state index in [2.05, 4.69) is 10.1 Å². The van der Waals surface area contributed by atoms with Gasteiger partial charge in [-0.15, -0.1) is 11.3 Å². The number of sulfonamides is 1. The van der Waals surface area contributed by atoms with Gasteiger partial charge in [0.05, 0.1) is 0 Å². The van der Waals surface area contributed by atoms with E-state index in [1.54, 1.807) is 24.6 Å². The van der Waals surface area contributed by atoms with Gasteiger partial charge in [-0.2, -0.15) is 9.29 Å². The molecule has 0 saturated carbocycles. The molecule has 120 valence electrons. The smallest absolute Gasteiger partial charge is 0.257 e. The summed E-state index contributed by atoms with van der Waals surface area (Å²) in [6.45, 7) is 0.286. The predicted octanol–water partition coefficient (Wildman–Crippen LogP) is 2.66. The number of aromatic nitrogens is 2. The summed E-state index contributed by atoms with van der Waals surface area (Å²) in [5, 5.41) is 5.65. The van der Waals surface area contributed by atoms with Crippen molar-refractivity contribution in [1.29, 1.82) is 0 Å². The molecule has 1 aromatic carbocycles. The number of thiophene rings is 1. The van der Waals surface area contributed by atoms with Crippen LogP contribution in [0.25, 0.3) is 11.5 Å². The molecule has 2 heterocycles. The van der Waals surface area contributed by atoms with Gasteiger partial charge in [-0.3, -0.25) is 0 Å². The van der Waals surface area contributed by atoms with Gasteiger partial charge in [0.2, 0.25) is 0 Å². The Morgan fingerprint density at radius 3 is 2.65 bits per heavy atom. The lowest BCUT2D eigenvalue weighted by Gasteiger charge is -2.14. The topological polar surface area (TPSA) is 76.3 Å². The summed E-state index contributed by atoms with van der Waals surface area (Å²) < 4.78 is 31.5. The minimum Gasteiger partial charge on any atom is -0.334 e. The molecular formula is C15H15N3O3S2. The van der Waals surface area contributed by atoms with E-state index in [1.165, 1.54) is 15.6 Å². The molecule has 0 aliphatic carbocycles. The standard InChI is InChI=1S/C15H15N3O3S2/c1-18(23(19,20)14-8-5-11-22-14)10-9-13-16-15(21-17-13)12-6-3-2-4-7-12/h2-8,11H,9-10H2,1H3. The lowest BCUT2D eigenvalue weighted by molar-refractivity contribution is 0.415. The van der Waals surface area contributed by atoms with E-state index in [0.717, 1.165) is 5.56 Å².